The van der Waals surface area contributed by atoms with Gasteiger partial charge in [0.2, 0.25) is 0 Å². The van der Waals surface area contributed by atoms with Crippen LogP contribution in [0.4, 0.5) is 0 Å². The Kier molecular flexibility index (Phi) is 3.88. The first kappa shape index (κ1) is 14.5. The van der Waals surface area contributed by atoms with Crippen molar-refractivity contribution in [2.24, 2.45) is 5.10 Å². The largest absolute Gasteiger partial charge is 0.508 e. The maximum Gasteiger partial charge on any atom is 0.289 e. The lowest BCUT2D eigenvalue weighted by molar-refractivity contribution is 0.0950. The fraction of sp³-hybridized carbons (Fsp3) is 0. The number of nitrogens with one attached hydrogen (secondary N) is 1. The predicted octanol–water partition coefficient (Wildman–Crippen LogP) is 2.41. The molecule has 0 radical (unpaired) electrons. The quantitative estimate of drug-likeness (QED) is 0.511. The van der Waals surface area contributed by atoms with Gasteiger partial charge >= 0.3 is 0 Å². The molecule has 0 fully saturated rings. The summed E-state index contributed by atoms with van der Waals surface area (Å²) < 4.78 is 0. The van der Waals surface area contributed by atoms with Crippen LogP contribution in [0.25, 0.3) is 10.9 Å². The van der Waals surface area contributed by atoms with E-state index in [2.05, 4.69) is 15.5 Å². The SMILES string of the molecule is O=C(N/N=C/c1ccc(O)cc1O)c1ccc2ccccc2n1. The van der Waals surface area contributed by atoms with Crippen molar-refractivity contribution in [3.63, 3.8) is 0 Å². The molecule has 6 nitrogen and oxygen atoms in total. The van der Waals surface area contributed by atoms with E-state index in [-0.39, 0.29) is 17.2 Å². The molecule has 0 saturated heterocycles. The number of benzene rings is 2. The number of rotatable bonds is 3. The lowest BCUT2D eigenvalue weighted by Crippen LogP contribution is -2.18. The number of amides is 1. The summed E-state index contributed by atoms with van der Waals surface area (Å²) in [6.07, 6.45) is 1.29. The Morgan fingerprint density at radius 1 is 1.09 bits per heavy atom. The average molecular weight is 307 g/mol. The molecule has 0 aliphatic rings. The number of nitrogens with zero attached hydrogens (tertiary/aromatic N) is 2. The van der Waals surface area contributed by atoms with Gasteiger partial charge in [-0.3, -0.25) is 4.79 Å². The van der Waals surface area contributed by atoms with Gasteiger partial charge in [0, 0.05) is 17.0 Å². The van der Waals surface area contributed by atoms with Gasteiger partial charge in [-0.05, 0) is 24.3 Å². The molecule has 1 aromatic heterocycles. The van der Waals surface area contributed by atoms with Crippen LogP contribution < -0.4 is 5.43 Å². The number of hydrazone groups is 1. The lowest BCUT2D eigenvalue weighted by Gasteiger charge is -2.02. The second-order valence-corrected chi connectivity index (χ2v) is 4.83. The van der Waals surface area contributed by atoms with Crippen LogP contribution >= 0.6 is 0 Å². The number of aromatic hydroxyl groups is 2. The summed E-state index contributed by atoms with van der Waals surface area (Å²) in [7, 11) is 0. The van der Waals surface area contributed by atoms with E-state index in [0.29, 0.717) is 5.56 Å². The van der Waals surface area contributed by atoms with E-state index >= 15 is 0 Å². The molecule has 0 saturated carbocycles. The Labute approximate surface area is 131 Å². The lowest BCUT2D eigenvalue weighted by atomic mass is 10.2. The third-order valence-electron chi connectivity index (χ3n) is 3.21. The topological polar surface area (TPSA) is 94.8 Å². The van der Waals surface area contributed by atoms with Gasteiger partial charge in [-0.25, -0.2) is 10.4 Å². The molecule has 1 amide bonds. The summed E-state index contributed by atoms with van der Waals surface area (Å²) in [6, 6.07) is 15.0. The van der Waals surface area contributed by atoms with Gasteiger partial charge in [0.05, 0.1) is 11.7 Å². The van der Waals surface area contributed by atoms with E-state index in [4.69, 9.17) is 0 Å². The number of aromatic nitrogens is 1. The average Bonchev–Trinajstić information content (AvgIpc) is 2.56. The van der Waals surface area contributed by atoms with Gasteiger partial charge in [-0.15, -0.1) is 0 Å². The Morgan fingerprint density at radius 3 is 2.74 bits per heavy atom. The molecule has 3 N–H and O–H groups in total. The maximum absolute atomic E-state index is 12.0. The number of para-hydroxylation sites is 1. The molecule has 23 heavy (non-hydrogen) atoms. The van der Waals surface area contributed by atoms with Crippen molar-refractivity contribution < 1.29 is 15.0 Å². The molecule has 114 valence electrons. The Balaban J connectivity index is 1.74. The third kappa shape index (κ3) is 3.26. The van der Waals surface area contributed by atoms with Crippen LogP contribution in [0.5, 0.6) is 11.5 Å². The first-order valence-electron chi connectivity index (χ1n) is 6.85. The molecule has 3 rings (SSSR count). The minimum atomic E-state index is -0.453. The summed E-state index contributed by atoms with van der Waals surface area (Å²) in [5.74, 6) is -0.638. The molecule has 0 spiro atoms. The molecule has 0 aliphatic carbocycles. The first-order chi connectivity index (χ1) is 11.1. The zero-order valence-corrected chi connectivity index (χ0v) is 12.0. The zero-order valence-electron chi connectivity index (χ0n) is 12.0. The highest BCUT2D eigenvalue weighted by Gasteiger charge is 2.07. The highest BCUT2D eigenvalue weighted by atomic mass is 16.3. The Hall–Kier alpha value is -3.41. The van der Waals surface area contributed by atoms with Crippen molar-refractivity contribution in [3.05, 3.63) is 65.9 Å². The van der Waals surface area contributed by atoms with Crippen LogP contribution in [0.3, 0.4) is 0 Å². The van der Waals surface area contributed by atoms with Crippen LogP contribution in [0.15, 0.2) is 59.7 Å². The summed E-state index contributed by atoms with van der Waals surface area (Å²) >= 11 is 0. The smallest absolute Gasteiger partial charge is 0.289 e. The molecule has 0 atom stereocenters. The summed E-state index contributed by atoms with van der Waals surface area (Å²) in [4.78, 5) is 16.3. The molecular weight excluding hydrogens is 294 g/mol. The monoisotopic (exact) mass is 307 g/mol. The van der Waals surface area contributed by atoms with Crippen LogP contribution in [-0.2, 0) is 0 Å². The highest BCUT2D eigenvalue weighted by molar-refractivity contribution is 5.95. The van der Waals surface area contributed by atoms with Crippen molar-refractivity contribution in [1.29, 1.82) is 0 Å². The van der Waals surface area contributed by atoms with Gasteiger partial charge in [0.15, 0.2) is 0 Å². The van der Waals surface area contributed by atoms with Crippen LogP contribution in [-0.4, -0.2) is 27.3 Å². The molecule has 0 unspecified atom stereocenters. The minimum absolute atomic E-state index is 0.0518. The highest BCUT2D eigenvalue weighted by Crippen LogP contribution is 2.20. The van der Waals surface area contributed by atoms with E-state index in [1.807, 2.05) is 30.3 Å². The second-order valence-electron chi connectivity index (χ2n) is 4.83. The summed E-state index contributed by atoms with van der Waals surface area (Å²) in [6.45, 7) is 0. The zero-order chi connectivity index (χ0) is 16.2. The Bertz CT molecular complexity index is 906. The molecule has 1 heterocycles. The van der Waals surface area contributed by atoms with Crippen LogP contribution in [0, 0.1) is 0 Å². The summed E-state index contributed by atoms with van der Waals surface area (Å²) in [5.41, 5.74) is 3.69. The molecule has 2 aromatic carbocycles. The molecular formula is C17H13N3O3. The van der Waals surface area contributed by atoms with Crippen molar-refractivity contribution >= 4 is 23.0 Å². The first-order valence-corrected chi connectivity index (χ1v) is 6.85. The van der Waals surface area contributed by atoms with Crippen molar-refractivity contribution in [1.82, 2.24) is 10.4 Å². The second kappa shape index (κ2) is 6.15. The van der Waals surface area contributed by atoms with Gasteiger partial charge in [0.1, 0.15) is 17.2 Å². The van der Waals surface area contributed by atoms with E-state index in [1.165, 1.54) is 24.4 Å². The number of phenols is 2. The van der Waals surface area contributed by atoms with Crippen LogP contribution in [0.2, 0.25) is 0 Å². The number of hydrogen-bond donors (Lipinski definition) is 3. The number of carbonyl (C=O) groups is 1. The standard InChI is InChI=1S/C17H13N3O3/c21-13-7-5-12(16(22)9-13)10-18-20-17(23)15-8-6-11-3-1-2-4-14(11)19-15/h1-10,21-22H,(H,20,23)/b18-10+. The van der Waals surface area contributed by atoms with E-state index in [1.54, 1.807) is 6.07 Å². The van der Waals surface area contributed by atoms with Crippen molar-refractivity contribution in [2.75, 3.05) is 0 Å². The van der Waals surface area contributed by atoms with E-state index in [0.717, 1.165) is 10.9 Å². The summed E-state index contributed by atoms with van der Waals surface area (Å²) in [5, 5.41) is 23.5. The number of carbonyl (C=O) groups excluding carboxylic acids is 1. The Morgan fingerprint density at radius 2 is 1.91 bits per heavy atom. The van der Waals surface area contributed by atoms with Gasteiger partial charge < -0.3 is 10.2 Å². The normalized spacial score (nSPS) is 11.0. The molecule has 0 bridgehead atoms. The maximum atomic E-state index is 12.0. The molecule has 3 aromatic rings. The number of pyridine rings is 1. The van der Waals surface area contributed by atoms with E-state index < -0.39 is 5.91 Å². The fourth-order valence-electron chi connectivity index (χ4n) is 2.05. The van der Waals surface area contributed by atoms with Crippen molar-refractivity contribution in [3.8, 4) is 11.5 Å². The molecule has 0 aliphatic heterocycles. The van der Waals surface area contributed by atoms with E-state index in [9.17, 15) is 15.0 Å². The number of hydrogen-bond acceptors (Lipinski definition) is 5. The van der Waals surface area contributed by atoms with Crippen LogP contribution in [0.1, 0.15) is 16.1 Å². The van der Waals surface area contributed by atoms with Gasteiger partial charge in [0.25, 0.3) is 5.91 Å². The number of phenolic OH excluding ortho intramolecular Hbond substituents is 2. The minimum Gasteiger partial charge on any atom is -0.508 e. The van der Waals surface area contributed by atoms with Crippen molar-refractivity contribution in [2.45, 2.75) is 0 Å². The fourth-order valence-corrected chi connectivity index (χ4v) is 2.05. The van der Waals surface area contributed by atoms with Gasteiger partial charge in [-0.2, -0.15) is 5.10 Å². The predicted molar refractivity (Wildman–Crippen MR) is 86.6 cm³/mol. The van der Waals surface area contributed by atoms with Gasteiger partial charge in [-0.1, -0.05) is 24.3 Å². The number of fused-ring (bicyclic) bond motifs is 1. The third-order valence-corrected chi connectivity index (χ3v) is 3.21. The molecule has 6 heteroatoms.